The van der Waals surface area contributed by atoms with E-state index in [1.807, 2.05) is 6.92 Å². The molecule has 0 saturated carbocycles. The summed E-state index contributed by atoms with van der Waals surface area (Å²) in [4.78, 5) is 27.1. The summed E-state index contributed by atoms with van der Waals surface area (Å²) in [6.45, 7) is 2.56. The second kappa shape index (κ2) is 9.00. The number of hydrogen-bond acceptors (Lipinski definition) is 6. The van der Waals surface area contributed by atoms with Crippen molar-refractivity contribution in [2.75, 3.05) is 27.4 Å². The van der Waals surface area contributed by atoms with Crippen molar-refractivity contribution in [3.8, 4) is 11.5 Å². The van der Waals surface area contributed by atoms with E-state index in [2.05, 4.69) is 0 Å². The number of rotatable bonds is 7. The molecule has 0 radical (unpaired) electrons. The van der Waals surface area contributed by atoms with E-state index in [0.717, 1.165) is 5.56 Å². The molecule has 0 bridgehead atoms. The highest BCUT2D eigenvalue weighted by molar-refractivity contribution is 6.46. The van der Waals surface area contributed by atoms with Crippen molar-refractivity contribution in [2.24, 2.45) is 0 Å². The molecule has 1 fully saturated rings. The number of ketones is 1. The van der Waals surface area contributed by atoms with Gasteiger partial charge in [0.05, 0.1) is 18.7 Å². The predicted molar refractivity (Wildman–Crippen MR) is 111 cm³/mol. The highest BCUT2D eigenvalue weighted by Gasteiger charge is 2.45. The maximum atomic E-state index is 12.9. The molecule has 1 amide bonds. The molecule has 7 nitrogen and oxygen atoms in total. The maximum Gasteiger partial charge on any atom is 0.295 e. The molecular formula is C23H25NO6. The second-order valence-corrected chi connectivity index (χ2v) is 7.11. The Morgan fingerprint density at radius 3 is 2.40 bits per heavy atom. The van der Waals surface area contributed by atoms with Crippen LogP contribution in [-0.4, -0.2) is 54.2 Å². The molecule has 1 saturated heterocycles. The molecule has 1 aliphatic heterocycles. The summed E-state index contributed by atoms with van der Waals surface area (Å²) in [7, 11) is 3.12. The van der Waals surface area contributed by atoms with Gasteiger partial charge in [-0.1, -0.05) is 12.1 Å². The summed E-state index contributed by atoms with van der Waals surface area (Å²) in [5.41, 5.74) is 1.85. The zero-order valence-electron chi connectivity index (χ0n) is 17.2. The van der Waals surface area contributed by atoms with Gasteiger partial charge in [-0.05, 0) is 54.8 Å². The van der Waals surface area contributed by atoms with Crippen LogP contribution in [0.4, 0.5) is 0 Å². The third kappa shape index (κ3) is 4.02. The van der Waals surface area contributed by atoms with Gasteiger partial charge < -0.3 is 24.6 Å². The van der Waals surface area contributed by atoms with Gasteiger partial charge in [0.25, 0.3) is 11.7 Å². The molecule has 2 aromatic carbocycles. The van der Waals surface area contributed by atoms with Crippen LogP contribution in [-0.2, 0) is 14.3 Å². The molecule has 2 N–H and O–H groups in total. The predicted octanol–water partition coefficient (Wildman–Crippen LogP) is 3.17. The zero-order chi connectivity index (χ0) is 21.8. The molecule has 1 heterocycles. The Morgan fingerprint density at radius 1 is 1.10 bits per heavy atom. The summed E-state index contributed by atoms with van der Waals surface area (Å²) >= 11 is 0. The number of aliphatic hydroxyl groups is 1. The van der Waals surface area contributed by atoms with E-state index in [4.69, 9.17) is 9.47 Å². The first-order chi connectivity index (χ1) is 14.4. The lowest BCUT2D eigenvalue weighted by molar-refractivity contribution is -0.140. The van der Waals surface area contributed by atoms with E-state index in [0.29, 0.717) is 36.4 Å². The maximum absolute atomic E-state index is 12.9. The summed E-state index contributed by atoms with van der Waals surface area (Å²) in [5.74, 6) is -0.929. The van der Waals surface area contributed by atoms with Crippen LogP contribution in [0.1, 0.15) is 29.2 Å². The average molecular weight is 411 g/mol. The minimum absolute atomic E-state index is 0.0210. The molecule has 1 atom stereocenters. The van der Waals surface area contributed by atoms with Crippen LogP contribution in [0.15, 0.2) is 48.0 Å². The van der Waals surface area contributed by atoms with Gasteiger partial charge in [0.1, 0.15) is 17.3 Å². The van der Waals surface area contributed by atoms with Crippen LogP contribution in [0.25, 0.3) is 5.76 Å². The molecule has 30 heavy (non-hydrogen) atoms. The largest absolute Gasteiger partial charge is 0.508 e. The van der Waals surface area contributed by atoms with E-state index < -0.39 is 17.7 Å². The zero-order valence-corrected chi connectivity index (χ0v) is 17.2. The van der Waals surface area contributed by atoms with Gasteiger partial charge in [0.2, 0.25) is 0 Å². The number of phenolic OH excluding ortho intramolecular Hbond substituents is 1. The van der Waals surface area contributed by atoms with Crippen molar-refractivity contribution < 1.29 is 29.3 Å². The fourth-order valence-electron chi connectivity index (χ4n) is 3.67. The third-order valence-electron chi connectivity index (χ3n) is 5.16. The number of Topliss-reactive ketones (excluding diaryl/α,β-unsaturated/α-hetero) is 1. The lowest BCUT2D eigenvalue weighted by Crippen LogP contribution is -2.31. The Kier molecular flexibility index (Phi) is 6.42. The van der Waals surface area contributed by atoms with E-state index in [-0.39, 0.29) is 17.1 Å². The van der Waals surface area contributed by atoms with Crippen LogP contribution in [0.3, 0.4) is 0 Å². The Morgan fingerprint density at radius 2 is 1.80 bits per heavy atom. The van der Waals surface area contributed by atoms with Crippen molar-refractivity contribution in [3.63, 3.8) is 0 Å². The summed E-state index contributed by atoms with van der Waals surface area (Å²) in [5, 5.41) is 20.7. The van der Waals surface area contributed by atoms with Crippen molar-refractivity contribution in [1.29, 1.82) is 0 Å². The van der Waals surface area contributed by atoms with E-state index in [1.165, 1.54) is 17.0 Å². The van der Waals surface area contributed by atoms with Gasteiger partial charge in [0.15, 0.2) is 0 Å². The Balaban J connectivity index is 2.12. The van der Waals surface area contributed by atoms with Crippen LogP contribution in [0.5, 0.6) is 11.5 Å². The first-order valence-electron chi connectivity index (χ1n) is 9.60. The van der Waals surface area contributed by atoms with Gasteiger partial charge >= 0.3 is 0 Å². The number of likely N-dealkylation sites (tertiary alicyclic amines) is 1. The number of carbonyl (C=O) groups excluding carboxylic acids is 2. The molecular weight excluding hydrogens is 386 g/mol. The minimum atomic E-state index is -0.759. The minimum Gasteiger partial charge on any atom is -0.508 e. The molecule has 0 aromatic heterocycles. The molecule has 1 aliphatic rings. The normalized spacial score (nSPS) is 18.1. The van der Waals surface area contributed by atoms with Crippen molar-refractivity contribution in [3.05, 3.63) is 64.7 Å². The quantitative estimate of drug-likeness (QED) is 0.314. The van der Waals surface area contributed by atoms with Crippen molar-refractivity contribution in [2.45, 2.75) is 19.4 Å². The number of amides is 1. The van der Waals surface area contributed by atoms with Crippen LogP contribution in [0.2, 0.25) is 0 Å². The smallest absolute Gasteiger partial charge is 0.295 e. The van der Waals surface area contributed by atoms with Gasteiger partial charge in [0, 0.05) is 25.8 Å². The Bertz CT molecular complexity index is 980. The molecule has 0 spiro atoms. The number of aryl methyl sites for hydroxylation is 1. The number of ether oxygens (including phenoxy) is 2. The van der Waals surface area contributed by atoms with Crippen molar-refractivity contribution >= 4 is 17.4 Å². The number of nitrogens with zero attached hydrogens (tertiary/aromatic N) is 1. The highest BCUT2D eigenvalue weighted by atomic mass is 16.5. The number of benzene rings is 2. The van der Waals surface area contributed by atoms with Gasteiger partial charge in [-0.3, -0.25) is 9.59 Å². The molecule has 158 valence electrons. The molecule has 3 rings (SSSR count). The number of carbonyl (C=O) groups is 2. The summed E-state index contributed by atoms with van der Waals surface area (Å²) in [6.07, 6.45) is 0.541. The summed E-state index contributed by atoms with van der Waals surface area (Å²) in [6, 6.07) is 10.6. The molecule has 7 heteroatoms. The van der Waals surface area contributed by atoms with E-state index in [9.17, 15) is 19.8 Å². The Hall–Kier alpha value is -3.32. The van der Waals surface area contributed by atoms with Crippen LogP contribution >= 0.6 is 0 Å². The SMILES string of the molecule is COCCCN1C(=O)C(=O)/C(=C(/O)c2ccc(OC)c(C)c2)[C@H]1c1ccc(O)cc1. The van der Waals surface area contributed by atoms with E-state index in [1.54, 1.807) is 44.6 Å². The lowest BCUT2D eigenvalue weighted by Gasteiger charge is -2.25. The van der Waals surface area contributed by atoms with Crippen LogP contribution < -0.4 is 4.74 Å². The number of hydrogen-bond donors (Lipinski definition) is 2. The second-order valence-electron chi connectivity index (χ2n) is 7.11. The third-order valence-corrected chi connectivity index (χ3v) is 5.16. The standard InChI is InChI=1S/C23H25NO6/c1-14-13-16(7-10-18(14)30-3)21(26)19-20(15-5-8-17(25)9-6-15)24(11-4-12-29-2)23(28)22(19)27/h5-10,13,20,25-26H,4,11-12H2,1-3H3/b21-19+/t20-/m1/s1. The number of aromatic hydroxyl groups is 1. The highest BCUT2D eigenvalue weighted by Crippen LogP contribution is 2.40. The van der Waals surface area contributed by atoms with E-state index >= 15 is 0 Å². The topological polar surface area (TPSA) is 96.3 Å². The average Bonchev–Trinajstić information content (AvgIpc) is 2.99. The number of phenols is 1. The first kappa shape index (κ1) is 21.4. The molecule has 0 aliphatic carbocycles. The summed E-state index contributed by atoms with van der Waals surface area (Å²) < 4.78 is 10.3. The number of methoxy groups -OCH3 is 2. The molecule has 0 unspecified atom stereocenters. The van der Waals surface area contributed by atoms with Crippen LogP contribution in [0, 0.1) is 6.92 Å². The molecule has 2 aromatic rings. The fourth-order valence-corrected chi connectivity index (χ4v) is 3.67. The monoisotopic (exact) mass is 411 g/mol. The number of aliphatic hydroxyl groups excluding tert-OH is 1. The fraction of sp³-hybridized carbons (Fsp3) is 0.304. The first-order valence-corrected chi connectivity index (χ1v) is 9.60. The van der Waals surface area contributed by atoms with Gasteiger partial charge in [-0.25, -0.2) is 0 Å². The van der Waals surface area contributed by atoms with Gasteiger partial charge in [-0.2, -0.15) is 0 Å². The van der Waals surface area contributed by atoms with Crippen molar-refractivity contribution in [1.82, 2.24) is 4.90 Å². The lowest BCUT2D eigenvalue weighted by atomic mass is 9.94. The Labute approximate surface area is 175 Å². The van der Waals surface area contributed by atoms with Gasteiger partial charge in [-0.15, -0.1) is 0 Å².